The van der Waals surface area contributed by atoms with Crippen molar-refractivity contribution in [2.75, 3.05) is 26.3 Å². The fraction of sp³-hybridized carbons (Fsp3) is 0.588. The summed E-state index contributed by atoms with van der Waals surface area (Å²) in [6.07, 6.45) is 2.26. The molecule has 5 nitrogen and oxygen atoms in total. The molecule has 1 aromatic carbocycles. The Morgan fingerprint density at radius 3 is 2.95 bits per heavy atom. The molecule has 0 bridgehead atoms. The molecule has 0 radical (unpaired) electrons. The number of amides is 1. The molecule has 1 N–H and O–H groups in total. The number of likely N-dealkylation sites (tertiary alicyclic amines) is 1. The molecule has 2 fully saturated rings. The van der Waals surface area contributed by atoms with E-state index in [4.69, 9.17) is 9.47 Å². The highest BCUT2D eigenvalue weighted by molar-refractivity contribution is 5.76. The lowest BCUT2D eigenvalue weighted by Crippen LogP contribution is -2.57. The number of benzene rings is 1. The van der Waals surface area contributed by atoms with Gasteiger partial charge in [-0.2, -0.15) is 0 Å². The van der Waals surface area contributed by atoms with Crippen LogP contribution in [0, 0.1) is 0 Å². The first-order valence-corrected chi connectivity index (χ1v) is 7.97. The van der Waals surface area contributed by atoms with Crippen LogP contribution >= 0.6 is 0 Å². The molecular formula is C17H23NO4. The lowest BCUT2D eigenvalue weighted by atomic mass is 9.87. The first-order chi connectivity index (χ1) is 10.7. The van der Waals surface area contributed by atoms with Gasteiger partial charge in [0.15, 0.2) is 0 Å². The molecule has 2 atom stereocenters. The van der Waals surface area contributed by atoms with Crippen LogP contribution in [0.2, 0.25) is 0 Å². The Labute approximate surface area is 130 Å². The van der Waals surface area contributed by atoms with Crippen molar-refractivity contribution in [3.05, 3.63) is 30.3 Å². The number of hydrogen-bond acceptors (Lipinski definition) is 4. The van der Waals surface area contributed by atoms with Gasteiger partial charge in [-0.05, 0) is 31.4 Å². The van der Waals surface area contributed by atoms with Crippen molar-refractivity contribution in [3.63, 3.8) is 0 Å². The number of aliphatic hydroxyl groups is 1. The molecule has 2 heterocycles. The van der Waals surface area contributed by atoms with Crippen molar-refractivity contribution in [1.82, 2.24) is 4.90 Å². The van der Waals surface area contributed by atoms with E-state index in [9.17, 15) is 9.90 Å². The molecule has 0 saturated carbocycles. The van der Waals surface area contributed by atoms with Crippen LogP contribution in [0.3, 0.4) is 0 Å². The quantitative estimate of drug-likeness (QED) is 0.918. The van der Waals surface area contributed by atoms with Crippen molar-refractivity contribution in [2.24, 2.45) is 0 Å². The molecule has 1 spiro atoms. The van der Waals surface area contributed by atoms with Crippen molar-refractivity contribution in [3.8, 4) is 5.75 Å². The van der Waals surface area contributed by atoms with Crippen LogP contribution in [-0.2, 0) is 9.53 Å². The summed E-state index contributed by atoms with van der Waals surface area (Å²) in [4.78, 5) is 14.2. The number of piperidine rings is 1. The van der Waals surface area contributed by atoms with Gasteiger partial charge >= 0.3 is 0 Å². The zero-order chi connectivity index (χ0) is 15.4. The normalized spacial score (nSPS) is 28.0. The Morgan fingerprint density at radius 1 is 1.41 bits per heavy atom. The van der Waals surface area contributed by atoms with Gasteiger partial charge in [-0.1, -0.05) is 18.2 Å². The van der Waals surface area contributed by atoms with Crippen LogP contribution < -0.4 is 4.74 Å². The largest absolute Gasteiger partial charge is 0.493 e. The Balaban J connectivity index is 1.50. The molecule has 22 heavy (non-hydrogen) atoms. The summed E-state index contributed by atoms with van der Waals surface area (Å²) in [5, 5.41) is 10.2. The number of ether oxygens (including phenoxy) is 2. The molecule has 3 rings (SSSR count). The van der Waals surface area contributed by atoms with E-state index >= 15 is 0 Å². The average Bonchev–Trinajstić information content (AvgIpc) is 3.00. The molecular weight excluding hydrogens is 282 g/mol. The number of carbonyl (C=O) groups is 1. The lowest BCUT2D eigenvalue weighted by Gasteiger charge is -2.43. The maximum Gasteiger partial charge on any atom is 0.226 e. The molecule has 1 amide bonds. The fourth-order valence-electron chi connectivity index (χ4n) is 3.30. The summed E-state index contributed by atoms with van der Waals surface area (Å²) in [6, 6.07) is 9.50. The highest BCUT2D eigenvalue weighted by atomic mass is 16.5. The van der Waals surface area contributed by atoms with E-state index in [1.165, 1.54) is 0 Å². The zero-order valence-corrected chi connectivity index (χ0v) is 12.7. The number of para-hydroxylation sites is 1. The van der Waals surface area contributed by atoms with Crippen LogP contribution in [-0.4, -0.2) is 53.9 Å². The highest BCUT2D eigenvalue weighted by Gasteiger charge is 2.46. The molecule has 2 aliphatic heterocycles. The van der Waals surface area contributed by atoms with Crippen molar-refractivity contribution >= 4 is 5.91 Å². The SMILES string of the molecule is O=C(CCOc1ccccc1)N1CC[C@H](O)[C@]2(CCCO2)C1. The smallest absolute Gasteiger partial charge is 0.226 e. The Kier molecular flexibility index (Phi) is 4.64. The standard InChI is InChI=1S/C17H23NO4/c19-15-7-10-18(13-17(15)9-4-11-22-17)16(20)8-12-21-14-5-2-1-3-6-14/h1-3,5-6,15,19H,4,7-13H2/t15-,17-/m0/s1. The van der Waals surface area contributed by atoms with Crippen LogP contribution in [0.4, 0.5) is 0 Å². The number of hydrogen-bond donors (Lipinski definition) is 1. The third-order valence-electron chi connectivity index (χ3n) is 4.55. The van der Waals surface area contributed by atoms with Gasteiger partial charge in [0, 0.05) is 13.2 Å². The summed E-state index contributed by atoms with van der Waals surface area (Å²) >= 11 is 0. The predicted molar refractivity (Wildman–Crippen MR) is 81.7 cm³/mol. The summed E-state index contributed by atoms with van der Waals surface area (Å²) in [7, 11) is 0. The molecule has 0 aliphatic carbocycles. The van der Waals surface area contributed by atoms with Crippen LogP contribution in [0.5, 0.6) is 5.75 Å². The number of rotatable bonds is 4. The van der Waals surface area contributed by atoms with E-state index in [1.807, 2.05) is 35.2 Å². The molecule has 1 aromatic rings. The minimum absolute atomic E-state index is 0.0673. The molecule has 2 saturated heterocycles. The maximum atomic E-state index is 12.3. The second kappa shape index (κ2) is 6.67. The van der Waals surface area contributed by atoms with Crippen molar-refractivity contribution in [2.45, 2.75) is 37.4 Å². The van der Waals surface area contributed by atoms with Gasteiger partial charge in [0.1, 0.15) is 11.4 Å². The van der Waals surface area contributed by atoms with Crippen LogP contribution in [0.15, 0.2) is 30.3 Å². The fourth-order valence-corrected chi connectivity index (χ4v) is 3.30. The van der Waals surface area contributed by atoms with Crippen LogP contribution in [0.1, 0.15) is 25.7 Å². The van der Waals surface area contributed by atoms with E-state index in [1.54, 1.807) is 0 Å². The number of nitrogens with zero attached hydrogens (tertiary/aromatic N) is 1. The third kappa shape index (κ3) is 3.25. The first kappa shape index (κ1) is 15.3. The molecule has 120 valence electrons. The van der Waals surface area contributed by atoms with Crippen molar-refractivity contribution < 1.29 is 19.4 Å². The van der Waals surface area contributed by atoms with E-state index in [0.717, 1.165) is 18.6 Å². The summed E-state index contributed by atoms with van der Waals surface area (Å²) in [5.74, 6) is 0.845. The second-order valence-corrected chi connectivity index (χ2v) is 6.05. The van der Waals surface area contributed by atoms with E-state index in [2.05, 4.69) is 0 Å². The van der Waals surface area contributed by atoms with Gasteiger partial charge in [0.05, 0.1) is 25.7 Å². The summed E-state index contributed by atoms with van der Waals surface area (Å²) in [5.41, 5.74) is -0.534. The zero-order valence-electron chi connectivity index (χ0n) is 12.7. The third-order valence-corrected chi connectivity index (χ3v) is 4.55. The topological polar surface area (TPSA) is 59.0 Å². The predicted octanol–water partition coefficient (Wildman–Crippen LogP) is 1.60. The molecule has 0 unspecified atom stereocenters. The highest BCUT2D eigenvalue weighted by Crippen LogP contribution is 2.34. The van der Waals surface area contributed by atoms with Gasteiger partial charge in [0.25, 0.3) is 0 Å². The number of carbonyl (C=O) groups excluding carboxylic acids is 1. The minimum atomic E-state index is -0.534. The van der Waals surface area contributed by atoms with Crippen LogP contribution in [0.25, 0.3) is 0 Å². The Bertz CT molecular complexity index is 499. The van der Waals surface area contributed by atoms with E-state index in [0.29, 0.717) is 39.1 Å². The molecule has 0 aromatic heterocycles. The summed E-state index contributed by atoms with van der Waals surface area (Å²) < 4.78 is 11.4. The van der Waals surface area contributed by atoms with Gasteiger partial charge in [-0.25, -0.2) is 0 Å². The Morgan fingerprint density at radius 2 is 2.23 bits per heavy atom. The first-order valence-electron chi connectivity index (χ1n) is 7.97. The van der Waals surface area contributed by atoms with Gasteiger partial charge in [0.2, 0.25) is 5.91 Å². The van der Waals surface area contributed by atoms with Gasteiger partial charge in [-0.3, -0.25) is 4.79 Å². The second-order valence-electron chi connectivity index (χ2n) is 6.05. The summed E-state index contributed by atoms with van der Waals surface area (Å²) in [6.45, 7) is 2.14. The van der Waals surface area contributed by atoms with E-state index in [-0.39, 0.29) is 5.91 Å². The molecule has 2 aliphatic rings. The number of aliphatic hydroxyl groups excluding tert-OH is 1. The van der Waals surface area contributed by atoms with E-state index < -0.39 is 11.7 Å². The van der Waals surface area contributed by atoms with Gasteiger partial charge in [-0.15, -0.1) is 0 Å². The molecule has 5 heteroatoms. The lowest BCUT2D eigenvalue weighted by molar-refractivity contribution is -0.155. The van der Waals surface area contributed by atoms with Crippen molar-refractivity contribution in [1.29, 1.82) is 0 Å². The average molecular weight is 305 g/mol. The minimum Gasteiger partial charge on any atom is -0.493 e. The maximum absolute atomic E-state index is 12.3. The van der Waals surface area contributed by atoms with Gasteiger partial charge < -0.3 is 19.5 Å². The Hall–Kier alpha value is -1.59. The monoisotopic (exact) mass is 305 g/mol.